The molecule has 0 spiro atoms. The second-order valence-electron chi connectivity index (χ2n) is 5.23. The van der Waals surface area contributed by atoms with Gasteiger partial charge in [-0.2, -0.15) is 8.78 Å². The molecule has 0 aliphatic carbocycles. The van der Waals surface area contributed by atoms with Crippen molar-refractivity contribution in [1.82, 2.24) is 0 Å². The molecule has 9 heteroatoms. The van der Waals surface area contributed by atoms with Gasteiger partial charge < -0.3 is 9.47 Å². The molecule has 0 N–H and O–H groups in total. The third-order valence-corrected chi connectivity index (χ3v) is 3.33. The van der Waals surface area contributed by atoms with Gasteiger partial charge in [-0.15, -0.1) is 0 Å². The van der Waals surface area contributed by atoms with Gasteiger partial charge >= 0.3 is 6.61 Å². The quantitative estimate of drug-likeness (QED) is 0.360. The first kappa shape index (κ1) is 20.3. The number of Topliss-reactive ketones (excluding diaryl/α,β-unsaturated/α-hetero) is 2. The fourth-order valence-electron chi connectivity index (χ4n) is 2.06. The highest BCUT2D eigenvalue weighted by atomic mass is 19.3. The van der Waals surface area contributed by atoms with E-state index in [1.165, 1.54) is 0 Å². The van der Waals surface area contributed by atoms with Crippen molar-refractivity contribution in [1.29, 1.82) is 0 Å². The van der Waals surface area contributed by atoms with Crippen LogP contribution in [0.5, 0.6) is 11.5 Å². The molecule has 0 unspecified atom stereocenters. The van der Waals surface area contributed by atoms with Gasteiger partial charge in [0, 0.05) is 17.5 Å². The van der Waals surface area contributed by atoms with Crippen LogP contribution in [0.2, 0.25) is 0 Å². The second-order valence-corrected chi connectivity index (χ2v) is 5.23. The van der Waals surface area contributed by atoms with Crippen molar-refractivity contribution in [2.45, 2.75) is 19.5 Å². The Hall–Kier alpha value is -2.97. The lowest BCUT2D eigenvalue weighted by atomic mass is 10.0. The van der Waals surface area contributed by atoms with E-state index in [2.05, 4.69) is 4.74 Å². The van der Waals surface area contributed by atoms with Gasteiger partial charge in [-0.25, -0.2) is 13.2 Å². The predicted octanol–water partition coefficient (Wildman–Crippen LogP) is 4.53. The Kier molecular flexibility index (Phi) is 6.86. The van der Waals surface area contributed by atoms with Gasteiger partial charge in [0.1, 0.15) is 5.75 Å². The molecule has 0 radical (unpaired) electrons. The highest BCUT2D eigenvalue weighted by Crippen LogP contribution is 2.22. The normalized spacial score (nSPS) is 10.9. The van der Waals surface area contributed by atoms with Crippen molar-refractivity contribution < 1.29 is 41.0 Å². The van der Waals surface area contributed by atoms with Crippen molar-refractivity contribution in [3.05, 3.63) is 59.4 Å². The van der Waals surface area contributed by atoms with Crippen molar-refractivity contribution in [2.75, 3.05) is 6.61 Å². The fourth-order valence-corrected chi connectivity index (χ4v) is 2.06. The van der Waals surface area contributed by atoms with Crippen molar-refractivity contribution in [3.8, 4) is 11.5 Å². The van der Waals surface area contributed by atoms with Crippen LogP contribution in [0, 0.1) is 5.82 Å². The maximum absolute atomic E-state index is 13.6. The summed E-state index contributed by atoms with van der Waals surface area (Å²) < 4.78 is 71.1. The number of halogens is 5. The smallest absolute Gasteiger partial charge is 0.387 e. The predicted molar refractivity (Wildman–Crippen MR) is 84.3 cm³/mol. The molecular weight excluding hydrogens is 375 g/mol. The van der Waals surface area contributed by atoms with Gasteiger partial charge in [0.25, 0.3) is 0 Å². The Balaban J connectivity index is 2.12. The van der Waals surface area contributed by atoms with Crippen molar-refractivity contribution >= 4 is 11.6 Å². The molecule has 4 nitrogen and oxygen atoms in total. The molecular formula is C18H13F5O4. The molecule has 0 saturated carbocycles. The minimum Gasteiger partial charge on any atom is -0.490 e. The van der Waals surface area contributed by atoms with E-state index in [0.717, 1.165) is 42.5 Å². The van der Waals surface area contributed by atoms with E-state index in [1.54, 1.807) is 0 Å². The lowest BCUT2D eigenvalue weighted by Gasteiger charge is -2.09. The Labute approximate surface area is 150 Å². The Morgan fingerprint density at radius 3 is 2.07 bits per heavy atom. The summed E-state index contributed by atoms with van der Waals surface area (Å²) in [5.41, 5.74) is -0.299. The summed E-state index contributed by atoms with van der Waals surface area (Å²) in [7, 11) is 0. The van der Waals surface area contributed by atoms with Crippen molar-refractivity contribution in [2.24, 2.45) is 0 Å². The molecule has 27 heavy (non-hydrogen) atoms. The van der Waals surface area contributed by atoms with E-state index in [4.69, 9.17) is 4.74 Å². The number of rotatable bonds is 9. The van der Waals surface area contributed by atoms with E-state index in [1.807, 2.05) is 0 Å². The first-order chi connectivity index (χ1) is 12.8. The highest BCUT2D eigenvalue weighted by molar-refractivity contribution is 6.49. The van der Waals surface area contributed by atoms with Gasteiger partial charge in [0.2, 0.25) is 18.0 Å². The number of ether oxygens (including phenoxy) is 2. The number of carbonyl (C=O) groups is 2. The summed E-state index contributed by atoms with van der Waals surface area (Å²) in [5.74, 6) is -3.47. The molecule has 0 aromatic heterocycles. The summed E-state index contributed by atoms with van der Waals surface area (Å²) in [6.07, 6.45) is -3.25. The van der Waals surface area contributed by atoms with Crippen LogP contribution in [-0.2, 0) is 0 Å². The van der Waals surface area contributed by atoms with E-state index in [0.29, 0.717) is 0 Å². The number of hydrogen-bond acceptors (Lipinski definition) is 4. The van der Waals surface area contributed by atoms with Crippen LogP contribution in [0.3, 0.4) is 0 Å². The summed E-state index contributed by atoms with van der Waals surface area (Å²) in [5, 5.41) is 0. The molecule has 0 atom stereocenters. The zero-order valence-corrected chi connectivity index (χ0v) is 13.6. The molecule has 2 rings (SSSR count). The standard InChI is InChI=1S/C18H13F5O4/c19-13-6-3-11(9-14(13)26-8-7-15(20)21)17(25)16(24)10-1-4-12(5-2-10)27-18(22)23/h1-6,9,15,18H,7-8H2. The lowest BCUT2D eigenvalue weighted by molar-refractivity contribution is -0.0498. The monoisotopic (exact) mass is 388 g/mol. The molecule has 0 amide bonds. The third-order valence-electron chi connectivity index (χ3n) is 3.33. The van der Waals surface area contributed by atoms with Crippen LogP contribution >= 0.6 is 0 Å². The molecule has 144 valence electrons. The van der Waals surface area contributed by atoms with Crippen LogP contribution in [0.4, 0.5) is 22.0 Å². The van der Waals surface area contributed by atoms with E-state index in [-0.39, 0.29) is 16.9 Å². The van der Waals surface area contributed by atoms with E-state index in [9.17, 15) is 31.5 Å². The number of benzene rings is 2. The third kappa shape index (κ3) is 5.77. The number of alkyl halides is 4. The van der Waals surface area contributed by atoms with Crippen LogP contribution in [0.15, 0.2) is 42.5 Å². The summed E-state index contributed by atoms with van der Waals surface area (Å²) in [6, 6.07) is 7.30. The molecule has 0 aliphatic rings. The van der Waals surface area contributed by atoms with Gasteiger partial charge in [-0.3, -0.25) is 9.59 Å². The van der Waals surface area contributed by atoms with E-state index >= 15 is 0 Å². The van der Waals surface area contributed by atoms with Gasteiger partial charge in [0.15, 0.2) is 11.6 Å². The topological polar surface area (TPSA) is 52.6 Å². The number of hydrogen-bond donors (Lipinski definition) is 0. The molecule has 0 bridgehead atoms. The lowest BCUT2D eigenvalue weighted by Crippen LogP contribution is -2.15. The molecule has 0 fully saturated rings. The first-order valence-electron chi connectivity index (χ1n) is 7.62. The first-order valence-corrected chi connectivity index (χ1v) is 7.62. The minimum absolute atomic E-state index is 0.0916. The fraction of sp³-hybridized carbons (Fsp3) is 0.222. The van der Waals surface area contributed by atoms with Gasteiger partial charge in [-0.1, -0.05) is 0 Å². The highest BCUT2D eigenvalue weighted by Gasteiger charge is 2.20. The Bertz CT molecular complexity index is 806. The minimum atomic E-state index is -3.03. The average molecular weight is 388 g/mol. The zero-order valence-electron chi connectivity index (χ0n) is 13.6. The van der Waals surface area contributed by atoms with Crippen LogP contribution in [-0.4, -0.2) is 31.2 Å². The van der Waals surface area contributed by atoms with E-state index < -0.39 is 49.2 Å². The molecule has 0 aliphatic heterocycles. The molecule has 2 aromatic carbocycles. The summed E-state index contributed by atoms with van der Waals surface area (Å²) in [6.45, 7) is -3.50. The summed E-state index contributed by atoms with van der Waals surface area (Å²) in [4.78, 5) is 24.5. The average Bonchev–Trinajstić information content (AvgIpc) is 2.62. The number of ketones is 2. The van der Waals surface area contributed by atoms with Crippen molar-refractivity contribution in [3.63, 3.8) is 0 Å². The van der Waals surface area contributed by atoms with Gasteiger partial charge in [-0.05, 0) is 42.5 Å². The Morgan fingerprint density at radius 1 is 0.889 bits per heavy atom. The van der Waals surface area contributed by atoms with Crippen LogP contribution < -0.4 is 9.47 Å². The summed E-state index contributed by atoms with van der Waals surface area (Å²) >= 11 is 0. The van der Waals surface area contributed by atoms with Crippen LogP contribution in [0.1, 0.15) is 27.1 Å². The Morgan fingerprint density at radius 2 is 1.48 bits per heavy atom. The maximum atomic E-state index is 13.6. The molecule has 0 heterocycles. The second kappa shape index (κ2) is 9.11. The maximum Gasteiger partial charge on any atom is 0.387 e. The molecule has 2 aromatic rings. The SMILES string of the molecule is O=C(C(=O)c1ccc(F)c(OCCC(F)F)c1)c1ccc(OC(F)F)cc1. The van der Waals surface area contributed by atoms with Gasteiger partial charge in [0.05, 0.1) is 6.61 Å². The molecule has 0 saturated heterocycles. The largest absolute Gasteiger partial charge is 0.490 e. The van der Waals surface area contributed by atoms with Crippen LogP contribution in [0.25, 0.3) is 0 Å². The zero-order chi connectivity index (χ0) is 20.0. The number of carbonyl (C=O) groups excluding carboxylic acids is 2.